The molecule has 1 aromatic carbocycles. The lowest BCUT2D eigenvalue weighted by Crippen LogP contribution is -2.09. The first kappa shape index (κ1) is 14.3. The van der Waals surface area contributed by atoms with Crippen molar-refractivity contribution in [2.75, 3.05) is 5.32 Å². The van der Waals surface area contributed by atoms with Gasteiger partial charge in [0, 0.05) is 14.7 Å². The Morgan fingerprint density at radius 1 is 1.32 bits per heavy atom. The van der Waals surface area contributed by atoms with Gasteiger partial charge in [0.15, 0.2) is 0 Å². The normalized spacial score (nSPS) is 12.5. The molecule has 0 saturated heterocycles. The molecule has 0 aliphatic rings. The molecule has 0 spiro atoms. The minimum atomic E-state index is -2.82. The number of para-hydroxylation sites is 2. The van der Waals surface area contributed by atoms with E-state index in [1.807, 2.05) is 18.4 Å². The fraction of sp³-hybridized carbons (Fsp3) is 0.231. The summed E-state index contributed by atoms with van der Waals surface area (Å²) in [4.78, 5) is 1.11. The molecule has 1 heterocycles. The van der Waals surface area contributed by atoms with E-state index in [0.717, 1.165) is 9.35 Å². The summed E-state index contributed by atoms with van der Waals surface area (Å²) in [5, 5.41) is 5.16. The van der Waals surface area contributed by atoms with Crippen LogP contribution >= 0.6 is 27.3 Å². The maximum atomic E-state index is 12.3. The first-order valence-corrected chi connectivity index (χ1v) is 7.28. The third kappa shape index (κ3) is 3.91. The standard InChI is InChI=1S/C13H12BrF2NOS/c1-8(12-6-9(14)7-19-12)17-10-4-2-3-5-11(10)18-13(15)16/h2-8,13,17H,1H3. The Kier molecular flexibility index (Phi) is 4.76. The number of thiophene rings is 1. The van der Waals surface area contributed by atoms with Crippen LogP contribution in [0.15, 0.2) is 40.2 Å². The number of nitrogens with one attached hydrogen (secondary N) is 1. The Hall–Kier alpha value is -1.14. The number of hydrogen-bond acceptors (Lipinski definition) is 3. The number of halogens is 3. The van der Waals surface area contributed by atoms with Crippen molar-refractivity contribution in [1.82, 2.24) is 0 Å². The molecular weight excluding hydrogens is 336 g/mol. The van der Waals surface area contributed by atoms with Gasteiger partial charge in [-0.3, -0.25) is 0 Å². The molecule has 0 bridgehead atoms. The topological polar surface area (TPSA) is 21.3 Å². The van der Waals surface area contributed by atoms with Crippen molar-refractivity contribution in [3.63, 3.8) is 0 Å². The fourth-order valence-electron chi connectivity index (χ4n) is 1.64. The van der Waals surface area contributed by atoms with Gasteiger partial charge in [0.25, 0.3) is 0 Å². The van der Waals surface area contributed by atoms with E-state index in [9.17, 15) is 8.78 Å². The third-order valence-electron chi connectivity index (χ3n) is 2.49. The first-order chi connectivity index (χ1) is 9.06. The van der Waals surface area contributed by atoms with E-state index < -0.39 is 6.61 Å². The van der Waals surface area contributed by atoms with Crippen molar-refractivity contribution < 1.29 is 13.5 Å². The van der Waals surface area contributed by atoms with Crippen LogP contribution in [0.1, 0.15) is 17.8 Å². The highest BCUT2D eigenvalue weighted by atomic mass is 79.9. The van der Waals surface area contributed by atoms with Gasteiger partial charge in [-0.1, -0.05) is 12.1 Å². The van der Waals surface area contributed by atoms with Gasteiger partial charge < -0.3 is 10.1 Å². The molecular formula is C13H12BrF2NOS. The molecule has 1 atom stereocenters. The van der Waals surface area contributed by atoms with Gasteiger partial charge in [-0.05, 0) is 41.1 Å². The lowest BCUT2D eigenvalue weighted by molar-refractivity contribution is -0.0493. The third-order valence-corrected chi connectivity index (χ3v) is 4.37. The van der Waals surface area contributed by atoms with Crippen LogP contribution in [0.25, 0.3) is 0 Å². The summed E-state index contributed by atoms with van der Waals surface area (Å²) in [6.07, 6.45) is 0. The van der Waals surface area contributed by atoms with Crippen LogP contribution in [0.5, 0.6) is 5.75 Å². The Bertz CT molecular complexity index is 547. The summed E-state index contributed by atoms with van der Waals surface area (Å²) >= 11 is 4.99. The van der Waals surface area contributed by atoms with Gasteiger partial charge >= 0.3 is 6.61 Å². The van der Waals surface area contributed by atoms with Crippen molar-refractivity contribution in [2.24, 2.45) is 0 Å². The van der Waals surface area contributed by atoms with Gasteiger partial charge in [-0.2, -0.15) is 8.78 Å². The second-order valence-corrected chi connectivity index (χ2v) is 5.77. The Balaban J connectivity index is 2.14. The summed E-state index contributed by atoms with van der Waals surface area (Å²) in [5.74, 6) is 0.153. The molecule has 0 fully saturated rings. The molecule has 2 rings (SSSR count). The number of ether oxygens (including phenoxy) is 1. The number of benzene rings is 1. The Labute approximate surface area is 122 Å². The van der Waals surface area contributed by atoms with Crippen LogP contribution in [0, 0.1) is 0 Å². The molecule has 0 radical (unpaired) electrons. The maximum absolute atomic E-state index is 12.3. The van der Waals surface area contributed by atoms with E-state index in [0.29, 0.717) is 5.69 Å². The fourth-order valence-corrected chi connectivity index (χ4v) is 3.10. The minimum absolute atomic E-state index is 0.0127. The van der Waals surface area contributed by atoms with E-state index in [1.165, 1.54) is 6.07 Å². The Morgan fingerprint density at radius 3 is 2.68 bits per heavy atom. The molecule has 2 nitrogen and oxygen atoms in total. The summed E-state index contributed by atoms with van der Waals surface area (Å²) in [6.45, 7) is -0.855. The molecule has 6 heteroatoms. The van der Waals surface area contributed by atoms with Gasteiger partial charge in [0.05, 0.1) is 11.7 Å². The van der Waals surface area contributed by atoms with E-state index in [-0.39, 0.29) is 11.8 Å². The summed E-state index contributed by atoms with van der Waals surface area (Å²) in [7, 11) is 0. The predicted molar refractivity (Wildman–Crippen MR) is 77.1 cm³/mol. The average molecular weight is 348 g/mol. The minimum Gasteiger partial charge on any atom is -0.433 e. The van der Waals surface area contributed by atoms with E-state index in [2.05, 4.69) is 26.0 Å². The van der Waals surface area contributed by atoms with Crippen LogP contribution in [0.3, 0.4) is 0 Å². The molecule has 102 valence electrons. The highest BCUT2D eigenvalue weighted by molar-refractivity contribution is 9.10. The van der Waals surface area contributed by atoms with Crippen LogP contribution < -0.4 is 10.1 Å². The monoisotopic (exact) mass is 347 g/mol. The molecule has 1 unspecified atom stereocenters. The second kappa shape index (κ2) is 6.34. The molecule has 0 saturated carbocycles. The molecule has 1 aromatic heterocycles. The lowest BCUT2D eigenvalue weighted by atomic mass is 10.2. The van der Waals surface area contributed by atoms with E-state index in [4.69, 9.17) is 0 Å². The summed E-state index contributed by atoms with van der Waals surface area (Å²) < 4.78 is 30.1. The summed E-state index contributed by atoms with van der Waals surface area (Å²) in [6, 6.07) is 8.69. The average Bonchev–Trinajstić information content (AvgIpc) is 2.78. The lowest BCUT2D eigenvalue weighted by Gasteiger charge is -2.17. The van der Waals surface area contributed by atoms with Crippen molar-refractivity contribution in [3.05, 3.63) is 45.1 Å². The van der Waals surface area contributed by atoms with Crippen LogP contribution in [0.2, 0.25) is 0 Å². The molecule has 0 aliphatic heterocycles. The van der Waals surface area contributed by atoms with Crippen LogP contribution in [-0.2, 0) is 0 Å². The second-order valence-electron chi connectivity index (χ2n) is 3.91. The Morgan fingerprint density at radius 2 is 2.05 bits per heavy atom. The molecule has 0 aliphatic carbocycles. The molecule has 1 N–H and O–H groups in total. The SMILES string of the molecule is CC(Nc1ccccc1OC(F)F)c1cc(Br)cs1. The van der Waals surface area contributed by atoms with Crippen molar-refractivity contribution in [3.8, 4) is 5.75 Å². The maximum Gasteiger partial charge on any atom is 0.387 e. The van der Waals surface area contributed by atoms with E-state index in [1.54, 1.807) is 29.5 Å². The highest BCUT2D eigenvalue weighted by Gasteiger charge is 2.13. The van der Waals surface area contributed by atoms with Gasteiger partial charge in [0.1, 0.15) is 5.75 Å². The largest absolute Gasteiger partial charge is 0.433 e. The number of alkyl halides is 2. The zero-order valence-electron chi connectivity index (χ0n) is 10.1. The first-order valence-electron chi connectivity index (χ1n) is 5.60. The quantitative estimate of drug-likeness (QED) is 0.793. The number of anilines is 1. The van der Waals surface area contributed by atoms with Gasteiger partial charge in [0.2, 0.25) is 0 Å². The van der Waals surface area contributed by atoms with Crippen molar-refractivity contribution in [1.29, 1.82) is 0 Å². The highest BCUT2D eigenvalue weighted by Crippen LogP contribution is 2.32. The molecule has 2 aromatic rings. The number of rotatable bonds is 5. The van der Waals surface area contributed by atoms with Gasteiger partial charge in [-0.25, -0.2) is 0 Å². The zero-order valence-corrected chi connectivity index (χ0v) is 12.5. The van der Waals surface area contributed by atoms with Crippen LogP contribution in [-0.4, -0.2) is 6.61 Å². The van der Waals surface area contributed by atoms with Crippen LogP contribution in [0.4, 0.5) is 14.5 Å². The smallest absolute Gasteiger partial charge is 0.387 e. The predicted octanol–water partition coefficient (Wildman–Crippen LogP) is 5.29. The molecule has 0 amide bonds. The van der Waals surface area contributed by atoms with E-state index >= 15 is 0 Å². The van der Waals surface area contributed by atoms with Crippen molar-refractivity contribution in [2.45, 2.75) is 19.6 Å². The summed E-state index contributed by atoms with van der Waals surface area (Å²) in [5.41, 5.74) is 0.555. The molecule has 19 heavy (non-hydrogen) atoms. The van der Waals surface area contributed by atoms with Crippen molar-refractivity contribution >= 4 is 33.0 Å². The zero-order chi connectivity index (χ0) is 13.8. The van der Waals surface area contributed by atoms with Gasteiger partial charge in [-0.15, -0.1) is 11.3 Å². The number of hydrogen-bond donors (Lipinski definition) is 1.